The van der Waals surface area contributed by atoms with Gasteiger partial charge in [0.1, 0.15) is 0 Å². The number of hydrogen-bond donors (Lipinski definition) is 0. The third kappa shape index (κ3) is 4.23. The molecule has 1 aromatic rings. The molecule has 5 nitrogen and oxygen atoms in total. The van der Waals surface area contributed by atoms with Gasteiger partial charge in [-0.3, -0.25) is 4.79 Å². The summed E-state index contributed by atoms with van der Waals surface area (Å²) in [5.74, 6) is 0.533. The number of hydrogen-bond acceptors (Lipinski definition) is 3. The van der Waals surface area contributed by atoms with Crippen molar-refractivity contribution in [2.75, 3.05) is 26.2 Å². The summed E-state index contributed by atoms with van der Waals surface area (Å²) in [5, 5.41) is 0. The number of carbonyl (C=O) groups is 1. The molecular weight excluding hydrogens is 336 g/mol. The van der Waals surface area contributed by atoms with E-state index >= 15 is 0 Å². The smallest absolute Gasteiger partial charge is 0.253 e. The molecule has 0 bridgehead atoms. The molecule has 1 aromatic carbocycles. The third-order valence-corrected chi connectivity index (χ3v) is 7.16. The molecule has 6 heteroatoms. The highest BCUT2D eigenvalue weighted by Crippen LogP contribution is 2.22. The lowest BCUT2D eigenvalue weighted by Gasteiger charge is -2.31. The Morgan fingerprint density at radius 3 is 2.20 bits per heavy atom. The maximum absolute atomic E-state index is 12.8. The molecule has 0 saturated carbocycles. The number of sulfonamides is 1. The monoisotopic (exact) mass is 364 g/mol. The summed E-state index contributed by atoms with van der Waals surface area (Å²) >= 11 is 0. The first-order valence-corrected chi connectivity index (χ1v) is 10.8. The Balaban J connectivity index is 1.74. The summed E-state index contributed by atoms with van der Waals surface area (Å²) in [4.78, 5) is 14.8. The van der Waals surface area contributed by atoms with Gasteiger partial charge >= 0.3 is 0 Å². The maximum atomic E-state index is 12.8. The van der Waals surface area contributed by atoms with Gasteiger partial charge in [0, 0.05) is 31.7 Å². The topological polar surface area (TPSA) is 57.7 Å². The molecule has 2 fully saturated rings. The molecule has 0 aliphatic carbocycles. The van der Waals surface area contributed by atoms with E-state index < -0.39 is 10.0 Å². The standard InChI is InChI=1S/C19H28N2O3S/c1-16-7-6-12-20(15-16)19(22)17-8-10-18(11-9-17)25(23,24)21-13-4-2-3-5-14-21/h8-11,16H,2-7,12-15H2,1H3. The Hall–Kier alpha value is -1.40. The first-order chi connectivity index (χ1) is 12.0. The second-order valence-electron chi connectivity index (χ2n) is 7.34. The molecule has 2 heterocycles. The number of nitrogens with zero attached hydrogens (tertiary/aromatic N) is 2. The fourth-order valence-electron chi connectivity index (χ4n) is 3.76. The van der Waals surface area contributed by atoms with Gasteiger partial charge in [-0.05, 0) is 55.9 Å². The summed E-state index contributed by atoms with van der Waals surface area (Å²) in [6.07, 6.45) is 6.22. The van der Waals surface area contributed by atoms with E-state index in [4.69, 9.17) is 0 Å². The van der Waals surface area contributed by atoms with Crippen LogP contribution in [0.15, 0.2) is 29.2 Å². The highest BCUT2D eigenvalue weighted by molar-refractivity contribution is 7.89. The molecule has 2 saturated heterocycles. The summed E-state index contributed by atoms with van der Waals surface area (Å²) in [5.41, 5.74) is 0.573. The van der Waals surface area contributed by atoms with E-state index in [2.05, 4.69) is 6.92 Å². The Kier molecular flexibility index (Phi) is 5.79. The number of carbonyl (C=O) groups excluding carboxylic acids is 1. The van der Waals surface area contributed by atoms with E-state index in [1.54, 1.807) is 28.6 Å². The van der Waals surface area contributed by atoms with Crippen LogP contribution in [0, 0.1) is 5.92 Å². The lowest BCUT2D eigenvalue weighted by Crippen LogP contribution is -2.39. The molecule has 138 valence electrons. The quantitative estimate of drug-likeness (QED) is 0.828. The molecular formula is C19H28N2O3S. The average molecular weight is 365 g/mol. The van der Waals surface area contributed by atoms with Gasteiger partial charge in [0.25, 0.3) is 5.91 Å². The first-order valence-electron chi connectivity index (χ1n) is 9.38. The number of rotatable bonds is 3. The van der Waals surface area contributed by atoms with Crippen LogP contribution in [-0.4, -0.2) is 49.7 Å². The zero-order valence-corrected chi connectivity index (χ0v) is 15.8. The van der Waals surface area contributed by atoms with Crippen molar-refractivity contribution in [3.63, 3.8) is 0 Å². The van der Waals surface area contributed by atoms with E-state index in [9.17, 15) is 13.2 Å². The molecule has 25 heavy (non-hydrogen) atoms. The van der Waals surface area contributed by atoms with Crippen molar-refractivity contribution in [2.45, 2.75) is 50.3 Å². The van der Waals surface area contributed by atoms with Crippen LogP contribution in [0.25, 0.3) is 0 Å². The second kappa shape index (κ2) is 7.87. The zero-order valence-electron chi connectivity index (χ0n) is 15.0. The summed E-state index contributed by atoms with van der Waals surface area (Å²) < 4.78 is 27.2. The van der Waals surface area contributed by atoms with Crippen LogP contribution in [0.4, 0.5) is 0 Å². The van der Waals surface area contributed by atoms with Crippen LogP contribution in [0.2, 0.25) is 0 Å². The van der Waals surface area contributed by atoms with Gasteiger partial charge < -0.3 is 4.90 Å². The molecule has 2 aliphatic rings. The number of piperidine rings is 1. The van der Waals surface area contributed by atoms with Crippen LogP contribution >= 0.6 is 0 Å². The third-order valence-electron chi connectivity index (χ3n) is 5.25. The Morgan fingerprint density at radius 1 is 0.960 bits per heavy atom. The summed E-state index contributed by atoms with van der Waals surface area (Å²) in [7, 11) is -3.45. The van der Waals surface area contributed by atoms with Crippen molar-refractivity contribution in [1.82, 2.24) is 9.21 Å². The fourth-order valence-corrected chi connectivity index (χ4v) is 5.27. The predicted octanol–water partition coefficient (Wildman–Crippen LogP) is 3.12. The Bertz CT molecular complexity index is 692. The van der Waals surface area contributed by atoms with Crippen LogP contribution in [-0.2, 0) is 10.0 Å². The second-order valence-corrected chi connectivity index (χ2v) is 9.28. The van der Waals surface area contributed by atoms with E-state index in [0.717, 1.165) is 51.6 Å². The molecule has 1 atom stereocenters. The first kappa shape index (κ1) is 18.4. The van der Waals surface area contributed by atoms with Gasteiger partial charge in [-0.25, -0.2) is 8.42 Å². The highest BCUT2D eigenvalue weighted by Gasteiger charge is 2.26. The van der Waals surface area contributed by atoms with Gasteiger partial charge in [-0.15, -0.1) is 0 Å². The molecule has 0 N–H and O–H groups in total. The minimum Gasteiger partial charge on any atom is -0.338 e. The SMILES string of the molecule is CC1CCCN(C(=O)c2ccc(S(=O)(=O)N3CCCCCC3)cc2)C1. The molecule has 0 aromatic heterocycles. The fraction of sp³-hybridized carbons (Fsp3) is 0.632. The lowest BCUT2D eigenvalue weighted by atomic mass is 9.99. The molecule has 3 rings (SSSR count). The number of likely N-dealkylation sites (tertiary alicyclic amines) is 1. The van der Waals surface area contributed by atoms with Crippen molar-refractivity contribution >= 4 is 15.9 Å². The van der Waals surface area contributed by atoms with E-state index in [-0.39, 0.29) is 10.8 Å². The van der Waals surface area contributed by atoms with Crippen LogP contribution in [0.1, 0.15) is 55.8 Å². The largest absolute Gasteiger partial charge is 0.338 e. The summed E-state index contributed by atoms with van der Waals surface area (Å²) in [6, 6.07) is 6.49. The Morgan fingerprint density at radius 2 is 1.60 bits per heavy atom. The van der Waals surface area contributed by atoms with Crippen LogP contribution in [0.5, 0.6) is 0 Å². The van der Waals surface area contributed by atoms with Gasteiger partial charge in [0.05, 0.1) is 4.90 Å². The van der Waals surface area contributed by atoms with Crippen molar-refractivity contribution in [2.24, 2.45) is 5.92 Å². The van der Waals surface area contributed by atoms with E-state index in [0.29, 0.717) is 24.6 Å². The van der Waals surface area contributed by atoms with Crippen molar-refractivity contribution in [3.8, 4) is 0 Å². The van der Waals surface area contributed by atoms with E-state index in [1.807, 2.05) is 4.90 Å². The molecule has 2 aliphatic heterocycles. The molecule has 0 radical (unpaired) electrons. The number of benzene rings is 1. The van der Waals surface area contributed by atoms with Crippen molar-refractivity contribution in [3.05, 3.63) is 29.8 Å². The normalized spacial score (nSPS) is 23.2. The highest BCUT2D eigenvalue weighted by atomic mass is 32.2. The van der Waals surface area contributed by atoms with Crippen LogP contribution < -0.4 is 0 Å². The predicted molar refractivity (Wildman–Crippen MR) is 98.0 cm³/mol. The minimum absolute atomic E-state index is 0.00488. The van der Waals surface area contributed by atoms with Crippen molar-refractivity contribution < 1.29 is 13.2 Å². The maximum Gasteiger partial charge on any atom is 0.253 e. The average Bonchev–Trinajstić information content (AvgIpc) is 2.91. The van der Waals surface area contributed by atoms with Gasteiger partial charge in [0.2, 0.25) is 10.0 Å². The lowest BCUT2D eigenvalue weighted by molar-refractivity contribution is 0.0683. The molecule has 1 amide bonds. The number of amides is 1. The van der Waals surface area contributed by atoms with Crippen LogP contribution in [0.3, 0.4) is 0 Å². The molecule has 0 spiro atoms. The van der Waals surface area contributed by atoms with Gasteiger partial charge in [0.15, 0.2) is 0 Å². The minimum atomic E-state index is -3.45. The summed E-state index contributed by atoms with van der Waals surface area (Å²) in [6.45, 7) is 4.92. The zero-order chi connectivity index (χ0) is 17.9. The van der Waals surface area contributed by atoms with Gasteiger partial charge in [-0.2, -0.15) is 4.31 Å². The van der Waals surface area contributed by atoms with E-state index in [1.165, 1.54) is 0 Å². The van der Waals surface area contributed by atoms with Gasteiger partial charge in [-0.1, -0.05) is 19.8 Å². The molecule has 1 unspecified atom stereocenters. The van der Waals surface area contributed by atoms with Crippen molar-refractivity contribution in [1.29, 1.82) is 0 Å². The Labute approximate surface area is 151 Å².